The highest BCUT2D eigenvalue weighted by molar-refractivity contribution is 5.94. The van der Waals surface area contributed by atoms with Gasteiger partial charge in [0, 0.05) is 5.69 Å². The summed E-state index contributed by atoms with van der Waals surface area (Å²) >= 11 is 0. The van der Waals surface area contributed by atoms with Gasteiger partial charge in [-0.15, -0.1) is 6.58 Å². The van der Waals surface area contributed by atoms with Crippen LogP contribution in [-0.4, -0.2) is 38.7 Å². The number of methoxy groups -OCH3 is 1. The largest absolute Gasteiger partial charge is 0.494 e. The molecule has 2 N–H and O–H groups in total. The van der Waals surface area contributed by atoms with Crippen LogP contribution < -0.4 is 24.8 Å². The lowest BCUT2D eigenvalue weighted by Gasteiger charge is -2.12. The van der Waals surface area contributed by atoms with Gasteiger partial charge in [0.15, 0.2) is 18.1 Å². The fourth-order valence-electron chi connectivity index (χ4n) is 2.50. The lowest BCUT2D eigenvalue weighted by Crippen LogP contribution is -2.35. The first-order valence-corrected chi connectivity index (χ1v) is 9.25. The molecule has 7 heteroatoms. The van der Waals surface area contributed by atoms with Crippen LogP contribution in [0.2, 0.25) is 0 Å². The average Bonchev–Trinajstić information content (AvgIpc) is 2.73. The van der Waals surface area contributed by atoms with Gasteiger partial charge in [0.1, 0.15) is 5.75 Å². The van der Waals surface area contributed by atoms with Crippen LogP contribution >= 0.6 is 0 Å². The van der Waals surface area contributed by atoms with E-state index >= 15 is 0 Å². The first kappa shape index (κ1) is 21.8. The number of carbonyl (C=O) groups is 2. The number of anilines is 1. The predicted octanol–water partition coefficient (Wildman–Crippen LogP) is 2.96. The third-order valence-electron chi connectivity index (χ3n) is 3.86. The van der Waals surface area contributed by atoms with Crippen LogP contribution in [0.5, 0.6) is 17.2 Å². The number of benzene rings is 2. The van der Waals surface area contributed by atoms with Crippen LogP contribution in [0.4, 0.5) is 5.69 Å². The molecule has 0 aliphatic heterocycles. The summed E-state index contributed by atoms with van der Waals surface area (Å²) < 4.78 is 16.1. The van der Waals surface area contributed by atoms with Crippen molar-refractivity contribution in [1.82, 2.24) is 5.32 Å². The highest BCUT2D eigenvalue weighted by atomic mass is 16.5. The summed E-state index contributed by atoms with van der Waals surface area (Å²) in [4.78, 5) is 23.9. The minimum Gasteiger partial charge on any atom is -0.494 e. The van der Waals surface area contributed by atoms with Crippen molar-refractivity contribution in [3.63, 3.8) is 0 Å². The van der Waals surface area contributed by atoms with Gasteiger partial charge in [0.2, 0.25) is 5.91 Å². The molecule has 154 valence electrons. The molecule has 2 aromatic rings. The summed E-state index contributed by atoms with van der Waals surface area (Å²) in [5.74, 6) is 0.960. The summed E-state index contributed by atoms with van der Waals surface area (Å²) in [5.41, 5.74) is 1.65. The van der Waals surface area contributed by atoms with Crippen LogP contribution in [0.3, 0.4) is 0 Å². The van der Waals surface area contributed by atoms with Crippen LogP contribution in [0.1, 0.15) is 12.5 Å². The maximum Gasteiger partial charge on any atom is 0.258 e. The van der Waals surface area contributed by atoms with Crippen molar-refractivity contribution in [2.24, 2.45) is 0 Å². The number of nitrogens with one attached hydrogen (secondary N) is 2. The third kappa shape index (κ3) is 7.21. The second-order valence-corrected chi connectivity index (χ2v) is 6.05. The Hall–Kier alpha value is -3.48. The van der Waals surface area contributed by atoms with Crippen LogP contribution in [0, 0.1) is 0 Å². The van der Waals surface area contributed by atoms with E-state index in [1.807, 2.05) is 19.1 Å². The summed E-state index contributed by atoms with van der Waals surface area (Å²) in [7, 11) is 1.53. The summed E-state index contributed by atoms with van der Waals surface area (Å²) in [6.07, 6.45) is 2.50. The van der Waals surface area contributed by atoms with Crippen LogP contribution in [-0.2, 0) is 16.0 Å². The molecule has 0 spiro atoms. The van der Waals surface area contributed by atoms with Crippen molar-refractivity contribution in [2.45, 2.75) is 13.3 Å². The number of amides is 2. The van der Waals surface area contributed by atoms with E-state index in [4.69, 9.17) is 14.2 Å². The van der Waals surface area contributed by atoms with E-state index in [-0.39, 0.29) is 19.1 Å². The zero-order valence-corrected chi connectivity index (χ0v) is 16.7. The van der Waals surface area contributed by atoms with Crippen molar-refractivity contribution in [2.75, 3.05) is 32.2 Å². The predicted molar refractivity (Wildman–Crippen MR) is 112 cm³/mol. The topological polar surface area (TPSA) is 85.9 Å². The molecule has 0 atom stereocenters. The van der Waals surface area contributed by atoms with E-state index in [0.29, 0.717) is 30.2 Å². The van der Waals surface area contributed by atoms with Crippen molar-refractivity contribution in [1.29, 1.82) is 0 Å². The Bertz CT molecular complexity index is 834. The molecule has 0 unspecified atom stereocenters. The van der Waals surface area contributed by atoms with Crippen molar-refractivity contribution < 1.29 is 23.8 Å². The molecule has 2 aromatic carbocycles. The van der Waals surface area contributed by atoms with Crippen molar-refractivity contribution in [3.05, 3.63) is 60.7 Å². The number of hydrogen-bond donors (Lipinski definition) is 2. The second-order valence-electron chi connectivity index (χ2n) is 6.05. The number of hydrogen-bond acceptors (Lipinski definition) is 5. The van der Waals surface area contributed by atoms with E-state index in [1.54, 1.807) is 36.4 Å². The minimum atomic E-state index is -0.413. The van der Waals surface area contributed by atoms with Gasteiger partial charge in [-0.2, -0.15) is 0 Å². The van der Waals surface area contributed by atoms with E-state index in [2.05, 4.69) is 17.2 Å². The molecule has 0 radical (unpaired) electrons. The Labute approximate surface area is 170 Å². The zero-order valence-electron chi connectivity index (χ0n) is 16.7. The molecule has 0 bridgehead atoms. The number of allylic oxidation sites excluding steroid dienone is 1. The molecule has 0 fully saturated rings. The molecule has 0 heterocycles. The molecule has 0 aromatic heterocycles. The maximum absolute atomic E-state index is 12.0. The van der Waals surface area contributed by atoms with Gasteiger partial charge in [-0.25, -0.2) is 0 Å². The van der Waals surface area contributed by atoms with Crippen LogP contribution in [0.15, 0.2) is 55.1 Å². The average molecular weight is 398 g/mol. The Morgan fingerprint density at radius 2 is 1.79 bits per heavy atom. The van der Waals surface area contributed by atoms with Gasteiger partial charge in [-0.3, -0.25) is 9.59 Å². The first-order chi connectivity index (χ1) is 14.0. The quantitative estimate of drug-likeness (QED) is 0.569. The maximum atomic E-state index is 12.0. The summed E-state index contributed by atoms with van der Waals surface area (Å²) in [6, 6.07) is 12.4. The smallest absolute Gasteiger partial charge is 0.258 e. The molecule has 0 aliphatic carbocycles. The third-order valence-corrected chi connectivity index (χ3v) is 3.86. The lowest BCUT2D eigenvalue weighted by molar-refractivity contribution is -0.125. The van der Waals surface area contributed by atoms with E-state index < -0.39 is 5.91 Å². The molecular formula is C22H26N2O5. The van der Waals surface area contributed by atoms with Crippen LogP contribution in [0.25, 0.3) is 0 Å². The highest BCUT2D eigenvalue weighted by Gasteiger charge is 2.10. The second kappa shape index (κ2) is 11.4. The van der Waals surface area contributed by atoms with Gasteiger partial charge in [0.05, 0.1) is 20.3 Å². The summed E-state index contributed by atoms with van der Waals surface area (Å²) in [5, 5.41) is 5.22. The lowest BCUT2D eigenvalue weighted by atomic mass is 10.1. The normalized spacial score (nSPS) is 10.0. The molecule has 0 saturated carbocycles. The van der Waals surface area contributed by atoms with Gasteiger partial charge in [-0.05, 0) is 55.3 Å². The molecule has 0 saturated heterocycles. The monoisotopic (exact) mass is 398 g/mol. The van der Waals surface area contributed by atoms with E-state index in [9.17, 15) is 9.59 Å². The number of ether oxygens (including phenoxy) is 3. The van der Waals surface area contributed by atoms with Gasteiger partial charge >= 0.3 is 0 Å². The molecule has 2 amide bonds. The van der Waals surface area contributed by atoms with Gasteiger partial charge in [-0.1, -0.05) is 12.1 Å². The van der Waals surface area contributed by atoms with Crippen molar-refractivity contribution >= 4 is 17.5 Å². The van der Waals surface area contributed by atoms with Gasteiger partial charge < -0.3 is 24.8 Å². The standard InChI is InChI=1S/C22H26N2O5/c1-4-6-16-7-12-19(20(13-16)27-3)29-15-22(26)23-14-21(25)24-17-8-10-18(11-9-17)28-5-2/h4,7-13H,1,5-6,14-15H2,2-3H3,(H,23,26)(H,24,25). The first-order valence-electron chi connectivity index (χ1n) is 9.25. The SMILES string of the molecule is C=CCc1ccc(OCC(=O)NCC(=O)Nc2ccc(OCC)cc2)c(OC)c1. The van der Waals surface area contributed by atoms with Crippen molar-refractivity contribution in [3.8, 4) is 17.2 Å². The molecular weight excluding hydrogens is 372 g/mol. The Balaban J connectivity index is 1.77. The zero-order chi connectivity index (χ0) is 21.1. The fraction of sp³-hybridized carbons (Fsp3) is 0.273. The van der Waals surface area contributed by atoms with E-state index in [1.165, 1.54) is 7.11 Å². The Kier molecular flexibility index (Phi) is 8.56. The highest BCUT2D eigenvalue weighted by Crippen LogP contribution is 2.28. The molecule has 0 aliphatic rings. The fourth-order valence-corrected chi connectivity index (χ4v) is 2.50. The molecule has 29 heavy (non-hydrogen) atoms. The Morgan fingerprint density at radius 3 is 2.45 bits per heavy atom. The molecule has 2 rings (SSSR count). The summed E-state index contributed by atoms with van der Waals surface area (Å²) in [6.45, 7) is 5.78. The number of carbonyl (C=O) groups excluding carboxylic acids is 2. The van der Waals surface area contributed by atoms with E-state index in [0.717, 1.165) is 11.3 Å². The number of rotatable bonds is 11. The Morgan fingerprint density at radius 1 is 1.03 bits per heavy atom. The van der Waals surface area contributed by atoms with Gasteiger partial charge in [0.25, 0.3) is 5.91 Å². The minimum absolute atomic E-state index is 0.162. The molecule has 7 nitrogen and oxygen atoms in total.